The van der Waals surface area contributed by atoms with E-state index in [1.54, 1.807) is 0 Å². The van der Waals surface area contributed by atoms with Gasteiger partial charge in [-0.05, 0) is 6.42 Å². The molecule has 0 aromatic heterocycles. The first-order valence-corrected chi connectivity index (χ1v) is 6.95. The highest BCUT2D eigenvalue weighted by atomic mass is 16.7. The first kappa shape index (κ1) is 18.1. The summed E-state index contributed by atoms with van der Waals surface area (Å²) in [6, 6.07) is 0. The van der Waals surface area contributed by atoms with Crippen molar-refractivity contribution in [2.45, 2.75) is 32.1 Å². The lowest BCUT2D eigenvalue weighted by Gasteiger charge is -2.12. The van der Waals surface area contributed by atoms with Gasteiger partial charge in [0.2, 0.25) is 0 Å². The number of hydroxylamine groups is 2. The van der Waals surface area contributed by atoms with Crippen LogP contribution in [0, 0.1) is 0 Å². The molecule has 0 atom stereocenters. The van der Waals surface area contributed by atoms with E-state index in [-0.39, 0.29) is 58.5 Å². The standard InChI is InChI=1S/C13H19NO8/c15-6-7-20-8-9-21-12(18)2-1-3-13(19)22-14-10(16)4-5-11(14)17/h15H,1-9H2. The van der Waals surface area contributed by atoms with Crippen LogP contribution in [0.5, 0.6) is 0 Å². The van der Waals surface area contributed by atoms with Gasteiger partial charge in [-0.3, -0.25) is 14.4 Å². The summed E-state index contributed by atoms with van der Waals surface area (Å²) in [7, 11) is 0. The highest BCUT2D eigenvalue weighted by Crippen LogP contribution is 2.13. The molecule has 1 aliphatic heterocycles. The number of aliphatic hydroxyl groups is 1. The lowest BCUT2D eigenvalue weighted by Crippen LogP contribution is -2.32. The minimum Gasteiger partial charge on any atom is -0.463 e. The first-order valence-electron chi connectivity index (χ1n) is 6.95. The molecule has 1 aliphatic rings. The number of nitrogens with zero attached hydrogens (tertiary/aromatic N) is 1. The molecular formula is C13H19NO8. The average molecular weight is 317 g/mol. The molecule has 0 aliphatic carbocycles. The van der Waals surface area contributed by atoms with E-state index in [2.05, 4.69) is 4.84 Å². The zero-order valence-electron chi connectivity index (χ0n) is 12.1. The number of aliphatic hydroxyl groups excluding tert-OH is 1. The summed E-state index contributed by atoms with van der Waals surface area (Å²) in [5, 5.41) is 8.93. The van der Waals surface area contributed by atoms with Crippen molar-refractivity contribution in [3.63, 3.8) is 0 Å². The SMILES string of the molecule is O=C(CCCC(=O)ON1C(=O)CCC1=O)OCCOCCO. The highest BCUT2D eigenvalue weighted by molar-refractivity contribution is 6.01. The summed E-state index contributed by atoms with van der Waals surface area (Å²) in [6.07, 6.45) is 0.170. The van der Waals surface area contributed by atoms with E-state index in [0.29, 0.717) is 5.06 Å². The monoisotopic (exact) mass is 317 g/mol. The van der Waals surface area contributed by atoms with E-state index in [1.807, 2.05) is 0 Å². The summed E-state index contributed by atoms with van der Waals surface area (Å²) in [4.78, 5) is 49.8. The van der Waals surface area contributed by atoms with Crippen LogP contribution >= 0.6 is 0 Å². The molecule has 9 nitrogen and oxygen atoms in total. The van der Waals surface area contributed by atoms with Crippen LogP contribution in [0.25, 0.3) is 0 Å². The van der Waals surface area contributed by atoms with E-state index in [0.717, 1.165) is 0 Å². The van der Waals surface area contributed by atoms with Crippen molar-refractivity contribution in [2.24, 2.45) is 0 Å². The van der Waals surface area contributed by atoms with Crippen LogP contribution in [0.4, 0.5) is 0 Å². The zero-order chi connectivity index (χ0) is 16.4. The van der Waals surface area contributed by atoms with E-state index >= 15 is 0 Å². The van der Waals surface area contributed by atoms with Gasteiger partial charge < -0.3 is 19.4 Å². The van der Waals surface area contributed by atoms with Crippen molar-refractivity contribution in [3.8, 4) is 0 Å². The molecule has 1 N–H and O–H groups in total. The Balaban J connectivity index is 2.08. The molecule has 0 aromatic rings. The largest absolute Gasteiger partial charge is 0.463 e. The fraction of sp³-hybridized carbons (Fsp3) is 0.692. The Morgan fingerprint density at radius 3 is 2.27 bits per heavy atom. The molecule has 0 bridgehead atoms. The lowest BCUT2D eigenvalue weighted by atomic mass is 10.2. The lowest BCUT2D eigenvalue weighted by molar-refractivity contribution is -0.197. The number of esters is 1. The fourth-order valence-corrected chi connectivity index (χ4v) is 1.64. The third kappa shape index (κ3) is 6.64. The molecular weight excluding hydrogens is 298 g/mol. The minimum absolute atomic E-state index is 0.0109. The van der Waals surface area contributed by atoms with Gasteiger partial charge in [0.25, 0.3) is 11.8 Å². The third-order valence-corrected chi connectivity index (χ3v) is 2.69. The van der Waals surface area contributed by atoms with Crippen molar-refractivity contribution >= 4 is 23.8 Å². The zero-order valence-corrected chi connectivity index (χ0v) is 12.1. The fourth-order valence-electron chi connectivity index (χ4n) is 1.64. The number of carbonyl (C=O) groups excluding carboxylic acids is 4. The normalized spacial score (nSPS) is 14.3. The number of hydrogen-bond acceptors (Lipinski definition) is 8. The van der Waals surface area contributed by atoms with Crippen LogP contribution < -0.4 is 0 Å². The van der Waals surface area contributed by atoms with Gasteiger partial charge in [-0.25, -0.2) is 4.79 Å². The number of carbonyl (C=O) groups is 4. The molecule has 0 spiro atoms. The van der Waals surface area contributed by atoms with Crippen LogP contribution in [0.2, 0.25) is 0 Å². The van der Waals surface area contributed by atoms with Crippen molar-refractivity contribution < 1.29 is 38.6 Å². The second-order valence-electron chi connectivity index (χ2n) is 4.46. The van der Waals surface area contributed by atoms with Crippen LogP contribution in [-0.4, -0.2) is 60.4 Å². The minimum atomic E-state index is -0.748. The molecule has 0 radical (unpaired) electrons. The van der Waals surface area contributed by atoms with Crippen LogP contribution in [0.15, 0.2) is 0 Å². The van der Waals surface area contributed by atoms with Gasteiger partial charge in [0.15, 0.2) is 0 Å². The summed E-state index contributed by atoms with van der Waals surface area (Å²) in [6.45, 7) is 0.336. The molecule has 0 aromatic carbocycles. The Labute approximate surface area is 127 Å². The summed E-state index contributed by atoms with van der Waals surface area (Å²) in [5.41, 5.74) is 0. The van der Waals surface area contributed by atoms with Gasteiger partial charge in [0.1, 0.15) is 6.61 Å². The van der Waals surface area contributed by atoms with E-state index in [1.165, 1.54) is 0 Å². The van der Waals surface area contributed by atoms with Gasteiger partial charge in [-0.15, -0.1) is 5.06 Å². The predicted octanol–water partition coefficient (Wildman–Crippen LogP) is -0.684. The second-order valence-corrected chi connectivity index (χ2v) is 4.46. The van der Waals surface area contributed by atoms with Gasteiger partial charge in [-0.1, -0.05) is 0 Å². The van der Waals surface area contributed by atoms with Crippen LogP contribution in [0.3, 0.4) is 0 Å². The highest BCUT2D eigenvalue weighted by Gasteiger charge is 2.32. The maximum Gasteiger partial charge on any atom is 0.333 e. The van der Waals surface area contributed by atoms with Crippen molar-refractivity contribution in [1.29, 1.82) is 0 Å². The maximum atomic E-state index is 11.4. The van der Waals surface area contributed by atoms with Gasteiger partial charge in [-0.2, -0.15) is 0 Å². The van der Waals surface area contributed by atoms with E-state index in [4.69, 9.17) is 14.6 Å². The molecule has 22 heavy (non-hydrogen) atoms. The quantitative estimate of drug-likeness (QED) is 0.319. The molecule has 1 heterocycles. The molecule has 0 saturated carbocycles. The van der Waals surface area contributed by atoms with Gasteiger partial charge in [0.05, 0.1) is 19.8 Å². The molecule has 1 rings (SSSR count). The van der Waals surface area contributed by atoms with Crippen LogP contribution in [0.1, 0.15) is 32.1 Å². The first-order chi connectivity index (χ1) is 10.5. The number of imide groups is 1. The molecule has 2 amide bonds. The molecule has 9 heteroatoms. The molecule has 1 saturated heterocycles. The third-order valence-electron chi connectivity index (χ3n) is 2.69. The Morgan fingerprint density at radius 2 is 1.64 bits per heavy atom. The predicted molar refractivity (Wildman–Crippen MR) is 69.9 cm³/mol. The number of ether oxygens (including phenoxy) is 2. The van der Waals surface area contributed by atoms with Crippen LogP contribution in [-0.2, 0) is 33.5 Å². The van der Waals surface area contributed by atoms with Crippen molar-refractivity contribution in [2.75, 3.05) is 26.4 Å². The summed E-state index contributed by atoms with van der Waals surface area (Å²) in [5.74, 6) is -2.32. The van der Waals surface area contributed by atoms with Crippen molar-refractivity contribution in [3.05, 3.63) is 0 Å². The van der Waals surface area contributed by atoms with Crippen molar-refractivity contribution in [1.82, 2.24) is 5.06 Å². The molecule has 1 fully saturated rings. The number of hydrogen-bond donors (Lipinski definition) is 1. The number of rotatable bonds is 10. The summed E-state index contributed by atoms with van der Waals surface area (Å²) < 4.78 is 9.72. The summed E-state index contributed by atoms with van der Waals surface area (Å²) >= 11 is 0. The Hall–Kier alpha value is -2.00. The van der Waals surface area contributed by atoms with E-state index in [9.17, 15) is 19.2 Å². The Kier molecular flexibility index (Phi) is 8.08. The topological polar surface area (TPSA) is 119 Å². The second kappa shape index (κ2) is 9.85. The average Bonchev–Trinajstić information content (AvgIpc) is 2.79. The number of amides is 2. The van der Waals surface area contributed by atoms with Gasteiger partial charge >= 0.3 is 11.9 Å². The smallest absolute Gasteiger partial charge is 0.333 e. The Morgan fingerprint density at radius 1 is 1.00 bits per heavy atom. The Bertz CT molecular complexity index is 406. The maximum absolute atomic E-state index is 11.4. The molecule has 0 unspecified atom stereocenters. The molecule has 124 valence electrons. The van der Waals surface area contributed by atoms with Gasteiger partial charge in [0, 0.05) is 25.7 Å². The van der Waals surface area contributed by atoms with E-state index < -0.39 is 23.8 Å².